The number of nitrogens with one attached hydrogen (secondary N) is 1. The standard InChI is InChI=1S/C23H28F4N4O2/c1-21(2,33-4)13-29-20(32)15-10-16(12-28)31-17(9-14-5-7-23(26,27)8-6-14)19(22(3,24)25)30-18(31)11-15/h10-11,14H,5-9,13H2,1-4H3,(H,29,32)/i4D3. The Hall–Kier alpha value is -2.67. The van der Waals surface area contributed by atoms with E-state index in [0.29, 0.717) is 6.92 Å². The molecular weight excluding hydrogens is 440 g/mol. The highest BCUT2D eigenvalue weighted by atomic mass is 19.3. The van der Waals surface area contributed by atoms with Crippen LogP contribution in [0.25, 0.3) is 5.65 Å². The highest BCUT2D eigenvalue weighted by Gasteiger charge is 2.38. The van der Waals surface area contributed by atoms with Crippen molar-refractivity contribution in [2.45, 2.75) is 70.3 Å². The van der Waals surface area contributed by atoms with E-state index in [9.17, 15) is 27.6 Å². The van der Waals surface area contributed by atoms with E-state index in [1.807, 2.05) is 6.07 Å². The number of imidazole rings is 1. The molecule has 0 saturated heterocycles. The molecular formula is C23H28F4N4O2. The van der Waals surface area contributed by atoms with Crippen molar-refractivity contribution in [3.8, 4) is 6.07 Å². The minimum absolute atomic E-state index is 0.0384. The first-order valence-electron chi connectivity index (χ1n) is 12.1. The highest BCUT2D eigenvalue weighted by Crippen LogP contribution is 2.39. The van der Waals surface area contributed by atoms with Crippen LogP contribution in [0.15, 0.2) is 12.1 Å². The summed E-state index contributed by atoms with van der Waals surface area (Å²) >= 11 is 0. The molecule has 0 aromatic carbocycles. The topological polar surface area (TPSA) is 79.4 Å². The average molecular weight is 472 g/mol. The normalized spacial score (nSPS) is 18.9. The molecule has 10 heteroatoms. The number of carbonyl (C=O) groups is 1. The van der Waals surface area contributed by atoms with Gasteiger partial charge in [-0.15, -0.1) is 0 Å². The molecule has 1 N–H and O–H groups in total. The van der Waals surface area contributed by atoms with Crippen molar-refractivity contribution < 1.29 is 31.2 Å². The number of nitrogens with zero attached hydrogens (tertiary/aromatic N) is 3. The Morgan fingerprint density at radius 2 is 2.03 bits per heavy atom. The van der Waals surface area contributed by atoms with Crippen LogP contribution >= 0.6 is 0 Å². The predicted octanol–water partition coefficient (Wildman–Crippen LogP) is 4.84. The number of pyridine rings is 1. The van der Waals surface area contributed by atoms with Crippen LogP contribution in [0.2, 0.25) is 0 Å². The fraction of sp³-hybridized carbons (Fsp3) is 0.609. The minimum atomic E-state index is -3.37. The van der Waals surface area contributed by atoms with Gasteiger partial charge in [-0.2, -0.15) is 14.0 Å². The fourth-order valence-corrected chi connectivity index (χ4v) is 3.99. The molecule has 0 unspecified atom stereocenters. The van der Waals surface area contributed by atoms with Crippen LogP contribution < -0.4 is 5.32 Å². The second-order valence-electron chi connectivity index (χ2n) is 9.28. The Morgan fingerprint density at radius 3 is 2.61 bits per heavy atom. The van der Waals surface area contributed by atoms with Crippen molar-refractivity contribution in [3.63, 3.8) is 0 Å². The quantitative estimate of drug-likeness (QED) is 0.586. The van der Waals surface area contributed by atoms with Crippen LogP contribution in [0.1, 0.15) is 78.0 Å². The molecule has 0 atom stereocenters. The first-order chi connectivity index (χ1) is 16.4. The lowest BCUT2D eigenvalue weighted by Gasteiger charge is -2.28. The Bertz CT molecular complexity index is 1170. The third-order valence-corrected chi connectivity index (χ3v) is 5.88. The molecule has 0 radical (unpaired) electrons. The number of nitriles is 1. The van der Waals surface area contributed by atoms with Crippen LogP contribution in [-0.2, 0) is 17.1 Å². The average Bonchev–Trinajstić information content (AvgIpc) is 3.10. The first-order valence-corrected chi connectivity index (χ1v) is 10.6. The summed E-state index contributed by atoms with van der Waals surface area (Å²) in [6.45, 7) is 3.43. The predicted molar refractivity (Wildman–Crippen MR) is 114 cm³/mol. The van der Waals surface area contributed by atoms with Gasteiger partial charge in [0.25, 0.3) is 11.8 Å². The van der Waals surface area contributed by atoms with Gasteiger partial charge in [-0.25, -0.2) is 13.8 Å². The Morgan fingerprint density at radius 1 is 1.36 bits per heavy atom. The van der Waals surface area contributed by atoms with Crippen molar-refractivity contribution in [1.82, 2.24) is 14.7 Å². The minimum Gasteiger partial charge on any atom is -0.377 e. The molecule has 3 rings (SSSR count). The monoisotopic (exact) mass is 471 g/mol. The van der Waals surface area contributed by atoms with Gasteiger partial charge in [0, 0.05) is 38.9 Å². The van der Waals surface area contributed by atoms with Gasteiger partial charge >= 0.3 is 0 Å². The van der Waals surface area contributed by atoms with Gasteiger partial charge in [0.15, 0.2) is 0 Å². The molecule has 6 nitrogen and oxygen atoms in total. The van der Waals surface area contributed by atoms with E-state index in [1.54, 1.807) is 0 Å². The van der Waals surface area contributed by atoms with Crippen LogP contribution in [0.3, 0.4) is 0 Å². The van der Waals surface area contributed by atoms with Gasteiger partial charge in [-0.05, 0) is 51.2 Å². The second-order valence-corrected chi connectivity index (χ2v) is 9.28. The molecule has 1 saturated carbocycles. The van der Waals surface area contributed by atoms with Crippen molar-refractivity contribution in [2.24, 2.45) is 5.92 Å². The molecule has 2 aromatic rings. The van der Waals surface area contributed by atoms with Crippen molar-refractivity contribution in [3.05, 3.63) is 34.8 Å². The molecule has 0 bridgehead atoms. The number of hydrogen-bond acceptors (Lipinski definition) is 4. The maximum Gasteiger partial charge on any atom is 0.288 e. The summed E-state index contributed by atoms with van der Waals surface area (Å²) in [7, 11) is -2.68. The van der Waals surface area contributed by atoms with Gasteiger partial charge in [-0.3, -0.25) is 9.20 Å². The number of halogens is 4. The van der Waals surface area contributed by atoms with E-state index < -0.39 is 36.1 Å². The maximum absolute atomic E-state index is 14.5. The number of carbonyl (C=O) groups excluding carboxylic acids is 1. The Labute approximate surface area is 194 Å². The maximum atomic E-state index is 14.5. The van der Waals surface area contributed by atoms with Gasteiger partial charge in [0.05, 0.1) is 15.4 Å². The number of rotatable bonds is 7. The molecule has 2 aromatic heterocycles. The van der Waals surface area contributed by atoms with Gasteiger partial charge < -0.3 is 10.1 Å². The molecule has 1 fully saturated rings. The van der Waals surface area contributed by atoms with Crippen LogP contribution in [0.4, 0.5) is 17.6 Å². The lowest BCUT2D eigenvalue weighted by Crippen LogP contribution is -2.39. The summed E-state index contributed by atoms with van der Waals surface area (Å²) in [5.74, 6) is -7.09. The second kappa shape index (κ2) is 8.93. The summed E-state index contributed by atoms with van der Waals surface area (Å²) in [5, 5.41) is 12.3. The third-order valence-electron chi connectivity index (χ3n) is 5.88. The molecule has 1 aliphatic carbocycles. The van der Waals surface area contributed by atoms with E-state index in [1.165, 1.54) is 30.4 Å². The highest BCUT2D eigenvalue weighted by molar-refractivity contribution is 5.95. The van der Waals surface area contributed by atoms with Crippen LogP contribution in [0, 0.1) is 17.2 Å². The molecule has 180 valence electrons. The van der Waals surface area contributed by atoms with Crippen LogP contribution in [0.5, 0.6) is 0 Å². The lowest BCUT2D eigenvalue weighted by atomic mass is 9.83. The van der Waals surface area contributed by atoms with E-state index in [2.05, 4.69) is 10.3 Å². The number of methoxy groups -OCH3 is 1. The van der Waals surface area contributed by atoms with Gasteiger partial charge in [0.1, 0.15) is 23.1 Å². The van der Waals surface area contributed by atoms with E-state index >= 15 is 0 Å². The third kappa shape index (κ3) is 5.64. The largest absolute Gasteiger partial charge is 0.377 e. The zero-order chi connectivity index (χ0) is 27.1. The first kappa shape index (κ1) is 20.9. The summed E-state index contributed by atoms with van der Waals surface area (Å²) in [6.07, 6.45) is -0.305. The zero-order valence-corrected chi connectivity index (χ0v) is 18.6. The van der Waals surface area contributed by atoms with E-state index in [0.717, 1.165) is 0 Å². The number of amides is 1. The van der Waals surface area contributed by atoms with Gasteiger partial charge in [0.2, 0.25) is 5.92 Å². The molecule has 0 aliphatic heterocycles. The summed E-state index contributed by atoms with van der Waals surface area (Å²) in [6, 6.07) is 4.37. The SMILES string of the molecule is [2H]C([2H])([2H])OC(C)(C)CNC(=O)c1cc(C#N)n2c(CC3CCC(F)(F)CC3)c(C(C)(F)F)nc2c1. The summed E-state index contributed by atoms with van der Waals surface area (Å²) < 4.78 is 84.0. The molecule has 1 amide bonds. The number of ether oxygens (including phenoxy) is 1. The van der Waals surface area contributed by atoms with Crippen molar-refractivity contribution in [2.75, 3.05) is 13.6 Å². The van der Waals surface area contributed by atoms with E-state index in [-0.39, 0.29) is 67.2 Å². The lowest BCUT2D eigenvalue weighted by molar-refractivity contribution is -0.0460. The van der Waals surface area contributed by atoms with Crippen LogP contribution in [-0.4, -0.2) is 40.4 Å². The summed E-state index contributed by atoms with van der Waals surface area (Å²) in [5.41, 5.74) is -1.95. The number of aromatic nitrogens is 2. The Kier molecular flexibility index (Phi) is 5.66. The molecule has 1 aliphatic rings. The smallest absolute Gasteiger partial charge is 0.288 e. The zero-order valence-electron chi connectivity index (χ0n) is 21.6. The number of alkyl halides is 4. The van der Waals surface area contributed by atoms with Gasteiger partial charge in [-0.1, -0.05) is 0 Å². The van der Waals surface area contributed by atoms with E-state index in [4.69, 9.17) is 8.85 Å². The Balaban J connectivity index is 1.94. The molecule has 33 heavy (non-hydrogen) atoms. The fourth-order valence-electron chi connectivity index (χ4n) is 3.99. The number of hydrogen-bond donors (Lipinski definition) is 1. The molecule has 2 heterocycles. The molecule has 0 spiro atoms. The van der Waals surface area contributed by atoms with Crippen molar-refractivity contribution in [1.29, 1.82) is 5.26 Å². The summed E-state index contributed by atoms with van der Waals surface area (Å²) in [4.78, 5) is 16.8. The number of fused-ring (bicyclic) bond motifs is 1. The van der Waals surface area contributed by atoms with Crippen molar-refractivity contribution >= 4 is 11.6 Å².